The van der Waals surface area contributed by atoms with Gasteiger partial charge >= 0.3 is 0 Å². The number of nitrogens with two attached hydrogens (primary N) is 1. The second-order valence-corrected chi connectivity index (χ2v) is 8.31. The van der Waals surface area contributed by atoms with Gasteiger partial charge in [0.1, 0.15) is 0 Å². The molecule has 1 aromatic heterocycles. The number of benzene rings is 3. The number of carbonyl (C=O) groups excluding carboxylic acids is 1. The number of aryl methyl sites for hydroxylation is 1. The lowest BCUT2D eigenvalue weighted by molar-refractivity contribution is -0.117. The lowest BCUT2D eigenvalue weighted by Crippen LogP contribution is -2.23. The number of nitrogens with zero attached hydrogens (tertiary/aromatic N) is 1. The van der Waals surface area contributed by atoms with E-state index in [9.17, 15) is 4.79 Å². The van der Waals surface area contributed by atoms with Gasteiger partial charge in [-0.3, -0.25) is 9.89 Å². The maximum atomic E-state index is 13.1. The summed E-state index contributed by atoms with van der Waals surface area (Å²) in [5.41, 5.74) is 11.2. The lowest BCUT2D eigenvalue weighted by Gasteiger charge is -2.17. The van der Waals surface area contributed by atoms with Crippen molar-refractivity contribution in [3.05, 3.63) is 81.8 Å². The summed E-state index contributed by atoms with van der Waals surface area (Å²) >= 11 is 12.2. The first-order valence-electron chi connectivity index (χ1n) is 9.97. The number of nitrogens with one attached hydrogen (secondary N) is 2. The van der Waals surface area contributed by atoms with Gasteiger partial charge in [-0.15, -0.1) is 0 Å². The zero-order valence-electron chi connectivity index (χ0n) is 17.0. The third-order valence-electron chi connectivity index (χ3n) is 5.24. The Balaban J connectivity index is 1.64. The Hall–Kier alpha value is -2.86. The highest BCUT2D eigenvalue weighted by Crippen LogP contribution is 2.31. The van der Waals surface area contributed by atoms with E-state index in [-0.39, 0.29) is 5.91 Å². The second-order valence-electron chi connectivity index (χ2n) is 7.49. The molecule has 7 heteroatoms. The Kier molecular flexibility index (Phi) is 6.28. The van der Waals surface area contributed by atoms with Crippen LogP contribution in [-0.2, 0) is 4.79 Å². The van der Waals surface area contributed by atoms with Gasteiger partial charge in [-0.05, 0) is 61.9 Å². The Bertz CT molecular complexity index is 1250. The number of hydrogen-bond donors (Lipinski definition) is 3. The van der Waals surface area contributed by atoms with Crippen LogP contribution in [0.25, 0.3) is 22.2 Å². The van der Waals surface area contributed by atoms with Crippen LogP contribution in [0.15, 0.2) is 60.7 Å². The van der Waals surface area contributed by atoms with Gasteiger partial charge in [0.15, 0.2) is 0 Å². The minimum Gasteiger partial charge on any atom is -0.330 e. The monoisotopic (exact) mass is 452 g/mol. The summed E-state index contributed by atoms with van der Waals surface area (Å²) in [5, 5.41) is 12.4. The topological polar surface area (TPSA) is 83.8 Å². The normalized spacial score (nSPS) is 12.1. The minimum absolute atomic E-state index is 0.149. The van der Waals surface area contributed by atoms with Crippen molar-refractivity contribution in [1.29, 1.82) is 0 Å². The molecule has 4 rings (SSSR count). The van der Waals surface area contributed by atoms with E-state index in [1.54, 1.807) is 12.1 Å². The highest BCUT2D eigenvalue weighted by atomic mass is 35.5. The first-order chi connectivity index (χ1) is 15.0. The smallest absolute Gasteiger partial charge is 0.231 e. The highest BCUT2D eigenvalue weighted by Gasteiger charge is 2.21. The molecule has 0 fully saturated rings. The SMILES string of the molecule is Cc1cccc(-c2n[nH]c3ccc(NC(=O)C(CCN)c4ccc(Cl)c(Cl)c4)cc23)c1. The molecule has 0 aliphatic carbocycles. The summed E-state index contributed by atoms with van der Waals surface area (Å²) in [4.78, 5) is 13.1. The van der Waals surface area contributed by atoms with E-state index in [1.807, 2.05) is 49.4 Å². The fraction of sp³-hybridized carbons (Fsp3) is 0.167. The van der Waals surface area contributed by atoms with Gasteiger partial charge < -0.3 is 11.1 Å². The zero-order chi connectivity index (χ0) is 22.0. The number of fused-ring (bicyclic) bond motifs is 1. The van der Waals surface area contributed by atoms with Gasteiger partial charge in [0, 0.05) is 16.6 Å². The Labute approximate surface area is 190 Å². The van der Waals surface area contributed by atoms with Crippen LogP contribution in [0.4, 0.5) is 5.69 Å². The van der Waals surface area contributed by atoms with Crippen molar-refractivity contribution in [2.75, 3.05) is 11.9 Å². The van der Waals surface area contributed by atoms with Crippen molar-refractivity contribution in [2.45, 2.75) is 19.3 Å². The molecule has 0 saturated heterocycles. The molecule has 0 spiro atoms. The maximum absolute atomic E-state index is 13.1. The molecule has 4 N–H and O–H groups in total. The Morgan fingerprint density at radius 2 is 1.94 bits per heavy atom. The molecule has 1 heterocycles. The van der Waals surface area contributed by atoms with Crippen LogP contribution in [0.3, 0.4) is 0 Å². The molecular formula is C24H22Cl2N4O. The number of rotatable bonds is 6. The van der Waals surface area contributed by atoms with Crippen LogP contribution in [0.1, 0.15) is 23.5 Å². The molecule has 0 radical (unpaired) electrons. The molecule has 5 nitrogen and oxygen atoms in total. The average molecular weight is 453 g/mol. The highest BCUT2D eigenvalue weighted by molar-refractivity contribution is 6.42. The average Bonchev–Trinajstić information content (AvgIpc) is 3.17. The van der Waals surface area contributed by atoms with Gasteiger partial charge in [0.05, 0.1) is 27.2 Å². The van der Waals surface area contributed by atoms with Crippen molar-refractivity contribution < 1.29 is 4.79 Å². The van der Waals surface area contributed by atoms with Gasteiger partial charge in [0.2, 0.25) is 5.91 Å². The van der Waals surface area contributed by atoms with Crippen molar-refractivity contribution >= 4 is 45.7 Å². The molecule has 4 aromatic rings. The third kappa shape index (κ3) is 4.59. The van der Waals surface area contributed by atoms with Crippen LogP contribution >= 0.6 is 23.2 Å². The molecule has 0 aliphatic rings. The molecule has 0 aliphatic heterocycles. The number of halogens is 2. The Morgan fingerprint density at radius 1 is 1.10 bits per heavy atom. The van der Waals surface area contributed by atoms with E-state index < -0.39 is 5.92 Å². The molecule has 0 bridgehead atoms. The molecule has 1 atom stereocenters. The summed E-state index contributed by atoms with van der Waals surface area (Å²) in [5.74, 6) is -0.583. The molecule has 158 valence electrons. The van der Waals surface area contributed by atoms with Gasteiger partial charge in [-0.2, -0.15) is 5.10 Å². The van der Waals surface area contributed by atoms with E-state index >= 15 is 0 Å². The van der Waals surface area contributed by atoms with Crippen LogP contribution < -0.4 is 11.1 Å². The number of aromatic amines is 1. The fourth-order valence-electron chi connectivity index (χ4n) is 3.68. The van der Waals surface area contributed by atoms with E-state index in [1.165, 1.54) is 0 Å². The van der Waals surface area contributed by atoms with E-state index in [0.717, 1.165) is 33.3 Å². The van der Waals surface area contributed by atoms with Crippen LogP contribution in [-0.4, -0.2) is 22.6 Å². The van der Waals surface area contributed by atoms with Crippen molar-refractivity contribution in [3.8, 4) is 11.3 Å². The third-order valence-corrected chi connectivity index (χ3v) is 5.98. The van der Waals surface area contributed by atoms with Crippen molar-refractivity contribution in [3.63, 3.8) is 0 Å². The van der Waals surface area contributed by atoms with Crippen molar-refractivity contribution in [1.82, 2.24) is 10.2 Å². The molecule has 3 aromatic carbocycles. The number of carbonyl (C=O) groups is 1. The van der Waals surface area contributed by atoms with E-state index in [0.29, 0.717) is 28.7 Å². The summed E-state index contributed by atoms with van der Waals surface area (Å²) in [6, 6.07) is 19.1. The van der Waals surface area contributed by atoms with Crippen molar-refractivity contribution in [2.24, 2.45) is 5.73 Å². The van der Waals surface area contributed by atoms with E-state index in [4.69, 9.17) is 28.9 Å². The summed E-state index contributed by atoms with van der Waals surface area (Å²) in [6.07, 6.45) is 0.492. The number of anilines is 1. The largest absolute Gasteiger partial charge is 0.330 e. The van der Waals surface area contributed by atoms with Gasteiger partial charge in [0.25, 0.3) is 0 Å². The van der Waals surface area contributed by atoms with Gasteiger partial charge in [-0.1, -0.05) is 53.0 Å². The molecule has 1 unspecified atom stereocenters. The quantitative estimate of drug-likeness (QED) is 0.339. The predicted molar refractivity (Wildman–Crippen MR) is 128 cm³/mol. The van der Waals surface area contributed by atoms with Gasteiger partial charge in [-0.25, -0.2) is 0 Å². The predicted octanol–water partition coefficient (Wildman–Crippen LogP) is 5.92. The Morgan fingerprint density at radius 3 is 2.68 bits per heavy atom. The molecule has 0 saturated carbocycles. The number of amides is 1. The molecule has 1 amide bonds. The number of hydrogen-bond acceptors (Lipinski definition) is 3. The van der Waals surface area contributed by atoms with Crippen LogP contribution in [0, 0.1) is 6.92 Å². The first kappa shape index (κ1) is 21.4. The number of H-pyrrole nitrogens is 1. The van der Waals surface area contributed by atoms with Crippen LogP contribution in [0.5, 0.6) is 0 Å². The summed E-state index contributed by atoms with van der Waals surface area (Å²) in [7, 11) is 0. The summed E-state index contributed by atoms with van der Waals surface area (Å²) in [6.45, 7) is 2.42. The zero-order valence-corrected chi connectivity index (χ0v) is 18.5. The summed E-state index contributed by atoms with van der Waals surface area (Å²) < 4.78 is 0. The lowest BCUT2D eigenvalue weighted by atomic mass is 9.94. The van der Waals surface area contributed by atoms with Crippen LogP contribution in [0.2, 0.25) is 10.0 Å². The number of aromatic nitrogens is 2. The molecular weight excluding hydrogens is 431 g/mol. The fourth-order valence-corrected chi connectivity index (χ4v) is 3.99. The second kappa shape index (κ2) is 9.10. The first-order valence-corrected chi connectivity index (χ1v) is 10.7. The maximum Gasteiger partial charge on any atom is 0.231 e. The van der Waals surface area contributed by atoms with E-state index in [2.05, 4.69) is 21.6 Å². The molecule has 31 heavy (non-hydrogen) atoms. The minimum atomic E-state index is -0.434. The standard InChI is InChI=1S/C24H22Cl2N4O/c1-14-3-2-4-16(11-14)23-19-13-17(6-8-22(19)29-30-23)28-24(31)18(9-10-27)15-5-7-20(25)21(26)12-15/h2-8,11-13,18H,9-10,27H2,1H3,(H,28,31)(H,29,30).